The number of amides is 1. The van der Waals surface area contributed by atoms with Gasteiger partial charge in [0.15, 0.2) is 5.17 Å². The van der Waals surface area contributed by atoms with Gasteiger partial charge in [-0.15, -0.1) is 0 Å². The highest BCUT2D eigenvalue weighted by atomic mass is 35.5. The third-order valence-electron chi connectivity index (χ3n) is 5.43. The van der Waals surface area contributed by atoms with Gasteiger partial charge in [-0.05, 0) is 36.2 Å². The number of hydrogen-bond donors (Lipinski definition) is 3. The summed E-state index contributed by atoms with van der Waals surface area (Å²) >= 11 is 7.41. The molecule has 1 aliphatic carbocycles. The number of carbonyl (C=O) groups is 1. The fourth-order valence-corrected chi connectivity index (χ4v) is 5.68. The van der Waals surface area contributed by atoms with Crippen molar-refractivity contribution < 1.29 is 15.0 Å². The molecule has 2 aliphatic rings. The second kappa shape index (κ2) is 8.36. The number of fused-ring (bicyclic) bond motifs is 1. The molecular weight excluding hydrogens is 410 g/mol. The Kier molecular flexibility index (Phi) is 5.83. The average Bonchev–Trinajstić information content (AvgIpc) is 3.05. The number of amidine groups is 1. The van der Waals surface area contributed by atoms with E-state index in [2.05, 4.69) is 0 Å². The number of halogens is 1. The lowest BCUT2D eigenvalue weighted by Gasteiger charge is -2.41. The van der Waals surface area contributed by atoms with Crippen molar-refractivity contribution >= 4 is 40.1 Å². The molecule has 1 amide bonds. The Morgan fingerprint density at radius 3 is 2.52 bits per heavy atom. The van der Waals surface area contributed by atoms with Crippen LogP contribution in [0.25, 0.3) is 0 Å². The van der Waals surface area contributed by atoms with Crippen molar-refractivity contribution in [3.63, 3.8) is 0 Å². The predicted molar refractivity (Wildman–Crippen MR) is 115 cm³/mol. The molecular formula is C21H22ClN3O3S. The zero-order valence-electron chi connectivity index (χ0n) is 15.6. The minimum atomic E-state index is -1.01. The molecule has 0 bridgehead atoms. The maximum absolute atomic E-state index is 12.1. The van der Waals surface area contributed by atoms with Gasteiger partial charge in [0.05, 0.1) is 23.8 Å². The number of thioether (sulfide) groups is 1. The molecule has 0 radical (unpaired) electrons. The molecule has 8 heteroatoms. The lowest BCUT2D eigenvalue weighted by Crippen LogP contribution is -2.58. The van der Waals surface area contributed by atoms with Crippen molar-refractivity contribution in [1.82, 2.24) is 4.90 Å². The normalized spacial score (nSPS) is 30.4. The molecule has 152 valence electrons. The van der Waals surface area contributed by atoms with Crippen LogP contribution in [0.3, 0.4) is 0 Å². The van der Waals surface area contributed by atoms with Gasteiger partial charge in [0.2, 0.25) is 5.91 Å². The Labute approximate surface area is 178 Å². The van der Waals surface area contributed by atoms with E-state index in [0.717, 1.165) is 11.3 Å². The number of hydrogen-bond acceptors (Lipinski definition) is 5. The van der Waals surface area contributed by atoms with Crippen LogP contribution in [0.15, 0.2) is 59.6 Å². The Morgan fingerprint density at radius 2 is 1.86 bits per heavy atom. The van der Waals surface area contributed by atoms with Crippen LogP contribution in [0.4, 0.5) is 5.69 Å². The number of benzene rings is 2. The van der Waals surface area contributed by atoms with E-state index in [-0.39, 0.29) is 11.7 Å². The van der Waals surface area contributed by atoms with E-state index < -0.39 is 30.1 Å². The summed E-state index contributed by atoms with van der Waals surface area (Å²) in [4.78, 5) is 18.8. The van der Waals surface area contributed by atoms with E-state index in [1.54, 1.807) is 12.1 Å². The fourth-order valence-electron chi connectivity index (χ4n) is 3.97. The summed E-state index contributed by atoms with van der Waals surface area (Å²) < 4.78 is 0. The first-order chi connectivity index (χ1) is 13.9. The zero-order chi connectivity index (χ0) is 20.5. The number of aliphatic imine (C=N–C) groups is 1. The largest absolute Gasteiger partial charge is 0.390 e. The van der Waals surface area contributed by atoms with E-state index in [0.29, 0.717) is 16.7 Å². The molecule has 1 saturated carbocycles. The molecule has 2 aromatic carbocycles. The summed E-state index contributed by atoms with van der Waals surface area (Å²) in [5, 5.41) is 22.2. The van der Waals surface area contributed by atoms with Gasteiger partial charge in [0.25, 0.3) is 0 Å². The van der Waals surface area contributed by atoms with Crippen molar-refractivity contribution in [1.29, 1.82) is 0 Å². The van der Waals surface area contributed by atoms with Gasteiger partial charge < -0.3 is 20.8 Å². The highest BCUT2D eigenvalue weighted by molar-refractivity contribution is 8.14. The van der Waals surface area contributed by atoms with Crippen LogP contribution >= 0.6 is 23.4 Å². The fraction of sp³-hybridized carbons (Fsp3) is 0.333. The van der Waals surface area contributed by atoms with Crippen molar-refractivity contribution in [2.45, 2.75) is 36.5 Å². The van der Waals surface area contributed by atoms with Crippen molar-refractivity contribution in [2.75, 3.05) is 0 Å². The van der Waals surface area contributed by atoms with Crippen molar-refractivity contribution in [3.05, 3.63) is 65.2 Å². The maximum Gasteiger partial charge on any atom is 0.221 e. The molecule has 0 aromatic heterocycles. The van der Waals surface area contributed by atoms with Crippen LogP contribution in [0.1, 0.15) is 12.0 Å². The number of aliphatic hydroxyl groups excluding tert-OH is 2. The molecule has 1 aliphatic heterocycles. The number of primary amides is 1. The Bertz CT molecular complexity index is 909. The molecule has 4 N–H and O–H groups in total. The lowest BCUT2D eigenvalue weighted by atomic mass is 9.80. The Hall–Kier alpha value is -2.06. The molecule has 4 rings (SSSR count). The van der Waals surface area contributed by atoms with Crippen LogP contribution in [-0.2, 0) is 11.3 Å². The molecule has 2 aromatic rings. The van der Waals surface area contributed by atoms with Crippen LogP contribution in [0.2, 0.25) is 5.02 Å². The highest BCUT2D eigenvalue weighted by Crippen LogP contribution is 2.45. The Morgan fingerprint density at radius 1 is 1.17 bits per heavy atom. The quantitative estimate of drug-likeness (QED) is 0.690. The van der Waals surface area contributed by atoms with Gasteiger partial charge in [-0.3, -0.25) is 4.79 Å². The number of rotatable bonds is 4. The summed E-state index contributed by atoms with van der Waals surface area (Å²) in [6.07, 6.45) is -1.86. The molecule has 5 atom stereocenters. The van der Waals surface area contributed by atoms with Gasteiger partial charge in [-0.2, -0.15) is 0 Å². The summed E-state index contributed by atoms with van der Waals surface area (Å²) in [6.45, 7) is 0.497. The van der Waals surface area contributed by atoms with Crippen molar-refractivity contribution in [2.24, 2.45) is 16.6 Å². The Balaban J connectivity index is 1.74. The first kappa shape index (κ1) is 20.2. The van der Waals surface area contributed by atoms with Gasteiger partial charge in [-0.1, -0.05) is 53.7 Å². The number of nitrogens with two attached hydrogens (primary N) is 1. The maximum atomic E-state index is 12.1. The minimum absolute atomic E-state index is 0.151. The minimum Gasteiger partial charge on any atom is -0.390 e. The predicted octanol–water partition coefficient (Wildman–Crippen LogP) is 2.54. The van der Waals surface area contributed by atoms with Crippen LogP contribution in [0.5, 0.6) is 0 Å². The summed E-state index contributed by atoms with van der Waals surface area (Å²) in [5.41, 5.74) is 7.39. The van der Waals surface area contributed by atoms with E-state index in [1.165, 1.54) is 11.8 Å². The summed E-state index contributed by atoms with van der Waals surface area (Å²) in [5.74, 6) is -1.01. The molecule has 0 spiro atoms. The van der Waals surface area contributed by atoms with E-state index in [9.17, 15) is 15.0 Å². The molecule has 6 nitrogen and oxygen atoms in total. The third kappa shape index (κ3) is 4.14. The van der Waals surface area contributed by atoms with Crippen LogP contribution in [-0.4, -0.2) is 49.7 Å². The molecule has 2 fully saturated rings. The SMILES string of the molecule is NC(=O)[C@H]1C[C@@H](O)[C@H](O)[C@@H]2[C@@H]1SC(=Nc1ccc(Cl)cc1)N2Cc1ccccc1. The van der Waals surface area contributed by atoms with Gasteiger partial charge >= 0.3 is 0 Å². The lowest BCUT2D eigenvalue weighted by molar-refractivity contribution is -0.128. The molecule has 29 heavy (non-hydrogen) atoms. The summed E-state index contributed by atoms with van der Waals surface area (Å²) in [6, 6.07) is 16.5. The van der Waals surface area contributed by atoms with Gasteiger partial charge in [0, 0.05) is 16.8 Å². The van der Waals surface area contributed by atoms with Crippen LogP contribution < -0.4 is 5.73 Å². The number of aliphatic hydroxyl groups is 2. The average molecular weight is 432 g/mol. The standard InChI is InChI=1S/C21H22ClN3O3S/c22-13-6-8-14(9-7-13)24-21-25(11-12-4-2-1-3-5-12)17-18(27)16(26)10-15(20(23)28)19(17)29-21/h1-9,15-19,26-27H,10-11H2,(H2,23,28)/t15-,16+,17+,18-,19+/m0/s1. The topological polar surface area (TPSA) is 99.2 Å². The smallest absolute Gasteiger partial charge is 0.221 e. The molecule has 1 saturated heterocycles. The van der Waals surface area contributed by atoms with E-state index >= 15 is 0 Å². The molecule has 0 unspecified atom stereocenters. The first-order valence-corrected chi connectivity index (χ1v) is 10.7. The monoisotopic (exact) mass is 431 g/mol. The highest BCUT2D eigenvalue weighted by Gasteiger charge is 2.54. The second-order valence-electron chi connectivity index (χ2n) is 7.36. The number of nitrogens with zero attached hydrogens (tertiary/aromatic N) is 2. The summed E-state index contributed by atoms with van der Waals surface area (Å²) in [7, 11) is 0. The van der Waals surface area contributed by atoms with E-state index in [1.807, 2.05) is 47.4 Å². The molecule has 1 heterocycles. The third-order valence-corrected chi connectivity index (χ3v) is 7.10. The first-order valence-electron chi connectivity index (χ1n) is 9.41. The van der Waals surface area contributed by atoms with E-state index in [4.69, 9.17) is 22.3 Å². The van der Waals surface area contributed by atoms with Crippen LogP contribution in [0, 0.1) is 5.92 Å². The number of carbonyl (C=O) groups excluding carboxylic acids is 1. The second-order valence-corrected chi connectivity index (χ2v) is 8.94. The van der Waals surface area contributed by atoms with Gasteiger partial charge in [0.1, 0.15) is 6.10 Å². The van der Waals surface area contributed by atoms with Gasteiger partial charge in [-0.25, -0.2) is 4.99 Å². The van der Waals surface area contributed by atoms with Crippen molar-refractivity contribution in [3.8, 4) is 0 Å². The zero-order valence-corrected chi connectivity index (χ0v) is 17.1.